The molecule has 396 valence electrons. The largest absolute Gasteiger partial charge is 0.485 e. The average Bonchev–Trinajstić information content (AvgIpc) is 3.60. The van der Waals surface area contributed by atoms with Gasteiger partial charge in [-0.05, 0) is 105 Å². The molecule has 0 saturated carbocycles. The lowest BCUT2D eigenvalue weighted by Crippen LogP contribution is -2.31. The van der Waals surface area contributed by atoms with Gasteiger partial charge in [-0.25, -0.2) is 41.6 Å². The normalized spacial score (nSPS) is 13.7. The van der Waals surface area contributed by atoms with Gasteiger partial charge in [-0.2, -0.15) is 0 Å². The summed E-state index contributed by atoms with van der Waals surface area (Å²) in [5.74, 6) is -8.68. The number of esters is 4. The van der Waals surface area contributed by atoms with E-state index < -0.39 is 81.7 Å². The molecule has 0 bridgehead atoms. The van der Waals surface area contributed by atoms with Crippen LogP contribution in [-0.4, -0.2) is 139 Å². The lowest BCUT2D eigenvalue weighted by molar-refractivity contribution is -0.161. The first-order valence-electron chi connectivity index (χ1n) is 20.9. The molecule has 2 heterocycles. The van der Waals surface area contributed by atoms with E-state index in [1.54, 1.807) is 41.5 Å². The molecule has 0 fully saturated rings. The van der Waals surface area contributed by atoms with Crippen LogP contribution in [0.4, 0.5) is 28.9 Å². The quantitative estimate of drug-likeness (QED) is 0.0200. The van der Waals surface area contributed by atoms with Crippen molar-refractivity contribution in [3.8, 4) is 11.5 Å². The first kappa shape index (κ1) is 63.1. The minimum absolute atomic E-state index is 0.0131. The van der Waals surface area contributed by atoms with E-state index in [-0.39, 0.29) is 109 Å². The number of anilines is 2. The van der Waals surface area contributed by atoms with Gasteiger partial charge in [0.1, 0.15) is 55.6 Å². The third-order valence-corrected chi connectivity index (χ3v) is 11.7. The monoisotopic (exact) mass is 1270 g/mol. The van der Waals surface area contributed by atoms with Gasteiger partial charge in [-0.15, -0.1) is 0 Å². The zero-order chi connectivity index (χ0) is 53.5. The zero-order valence-electron chi connectivity index (χ0n) is 39.2. The average molecular weight is 1280 g/mol. The molecule has 0 aromatic heterocycles. The summed E-state index contributed by atoms with van der Waals surface area (Å²) in [4.78, 5) is 68.6. The number of carbonyl (C=O) groups is 6. The van der Waals surface area contributed by atoms with Gasteiger partial charge in [-0.3, -0.25) is 9.59 Å². The van der Waals surface area contributed by atoms with Crippen molar-refractivity contribution in [3.63, 3.8) is 0 Å². The summed E-state index contributed by atoms with van der Waals surface area (Å²) < 4.78 is 112. The number of benzene rings is 2. The Kier molecular flexibility index (Phi) is 28.0. The number of imide groups is 1. The van der Waals surface area contributed by atoms with E-state index in [1.165, 1.54) is 0 Å². The molecule has 4 rings (SSSR count). The number of nitrogens with two attached hydrogens (primary N) is 1. The van der Waals surface area contributed by atoms with Gasteiger partial charge in [0, 0.05) is 30.0 Å². The molecule has 27 heteroatoms. The van der Waals surface area contributed by atoms with Crippen molar-refractivity contribution in [1.82, 2.24) is 0 Å². The Morgan fingerprint density at radius 3 is 1.10 bits per heavy atom. The van der Waals surface area contributed by atoms with Crippen LogP contribution in [0.5, 0.6) is 11.5 Å². The fourth-order valence-corrected chi connectivity index (χ4v) is 6.11. The van der Waals surface area contributed by atoms with Crippen LogP contribution in [-0.2, 0) is 71.4 Å². The van der Waals surface area contributed by atoms with Crippen LogP contribution in [0.25, 0.3) is 0 Å². The molecule has 0 spiro atoms. The Bertz CT molecular complexity index is 2150. The Morgan fingerprint density at radius 1 is 0.507 bits per heavy atom. The van der Waals surface area contributed by atoms with E-state index in [0.717, 1.165) is 24.3 Å². The molecule has 0 radical (unpaired) electrons. The molecule has 0 aliphatic carbocycles. The van der Waals surface area contributed by atoms with Crippen LogP contribution >= 0.6 is 63.7 Å². The summed E-state index contributed by atoms with van der Waals surface area (Å²) in [5, 5.41) is 0. The predicted octanol–water partition coefficient (Wildman–Crippen LogP) is 7.00. The van der Waals surface area contributed by atoms with Gasteiger partial charge in [0.15, 0.2) is 34.8 Å². The number of hydrogen-bond donors (Lipinski definition) is 1. The van der Waals surface area contributed by atoms with E-state index in [1.807, 2.05) is 0 Å². The minimum atomic E-state index is -1.07. The number of halogens is 8. The van der Waals surface area contributed by atoms with Crippen LogP contribution in [0.1, 0.15) is 41.5 Å². The number of cyclic esters (lactones) is 2. The maximum atomic E-state index is 14.4. The highest BCUT2D eigenvalue weighted by atomic mass is 79.9. The van der Waals surface area contributed by atoms with Crippen molar-refractivity contribution in [3.05, 3.63) is 65.5 Å². The summed E-state index contributed by atoms with van der Waals surface area (Å²) in [7, 11) is 0. The van der Waals surface area contributed by atoms with E-state index in [9.17, 15) is 46.3 Å². The Morgan fingerprint density at radius 2 is 0.803 bits per heavy atom. The van der Waals surface area contributed by atoms with Crippen molar-refractivity contribution < 1.29 is 98.4 Å². The molecule has 2 amide bonds. The van der Waals surface area contributed by atoms with Gasteiger partial charge in [0.25, 0.3) is 11.8 Å². The maximum absolute atomic E-state index is 14.4. The van der Waals surface area contributed by atoms with Crippen LogP contribution in [0, 0.1) is 23.3 Å². The second-order valence-corrected chi connectivity index (χ2v) is 19.0. The van der Waals surface area contributed by atoms with E-state index in [0.29, 0.717) is 18.1 Å². The van der Waals surface area contributed by atoms with Crippen molar-refractivity contribution in [2.24, 2.45) is 0 Å². The summed E-state index contributed by atoms with van der Waals surface area (Å²) >= 11 is 11.6. The molecule has 2 aliphatic heterocycles. The first-order chi connectivity index (χ1) is 33.2. The van der Waals surface area contributed by atoms with Gasteiger partial charge in [-0.1, -0.05) is 0 Å². The Labute approximate surface area is 439 Å². The number of rotatable bonds is 25. The number of amides is 2. The number of ether oxygens (including phenoxy) is 11. The van der Waals surface area contributed by atoms with Gasteiger partial charge in [0.05, 0.1) is 71.8 Å². The molecule has 2 aromatic rings. The van der Waals surface area contributed by atoms with E-state index in [4.69, 9.17) is 53.1 Å². The molecule has 2 N–H and O–H groups in total. The number of hydrogen-bond acceptors (Lipinski definition) is 18. The van der Waals surface area contributed by atoms with Crippen LogP contribution < -0.4 is 20.1 Å². The fraction of sp³-hybridized carbons (Fsp3) is 0.500. The molecule has 71 heavy (non-hydrogen) atoms. The third kappa shape index (κ3) is 24.0. The van der Waals surface area contributed by atoms with Gasteiger partial charge < -0.3 is 57.8 Å². The number of carbonyl (C=O) groups excluding carboxylic acids is 6. The van der Waals surface area contributed by atoms with E-state index >= 15 is 0 Å². The second-order valence-electron chi connectivity index (χ2n) is 15.9. The molecule has 0 atom stereocenters. The Balaban J connectivity index is 0.000000422. The zero-order valence-corrected chi connectivity index (χ0v) is 45.5. The third-order valence-electron chi connectivity index (χ3n) is 7.69. The maximum Gasteiger partial charge on any atom is 0.354 e. The van der Waals surface area contributed by atoms with Gasteiger partial charge in [0.2, 0.25) is 0 Å². The summed E-state index contributed by atoms with van der Waals surface area (Å²) in [5.41, 5.74) is 3.93. The van der Waals surface area contributed by atoms with E-state index in [2.05, 4.69) is 68.5 Å². The first-order valence-corrected chi connectivity index (χ1v) is 24.1. The topological polar surface area (TPSA) is 233 Å². The summed E-state index contributed by atoms with van der Waals surface area (Å²) in [6, 6.07) is 3.63. The molecular weight excluding hydrogens is 1220 g/mol. The number of nitrogen functional groups attached to an aromatic ring is 1. The van der Waals surface area contributed by atoms with Crippen molar-refractivity contribution >= 4 is 111 Å². The molecule has 2 aliphatic rings. The standard InChI is InChI=1S/C22H25Br2F2NO8.C18H27F2NO6.C4Br2O3/c1-22(2,3)35-16(28)12-33-7-6-31-4-5-32-8-9-34-19-14(25)10-13(11-15(19)26)27-20(29)17(23)18(24)21(27)30;1-18(2,3)27-16(22)12-25-7-6-23-4-5-24-8-9-26-17-14(19)10-13(21)11-15(17)20;5-1-2(6)4(8)9-3(1)7/h10-11H,4-9,12H2,1-3H3;10-11H,4-9,12,21H2,1-3H3;. The number of nitrogens with zero attached hydrogens (tertiary/aromatic N) is 1. The lowest BCUT2D eigenvalue weighted by Gasteiger charge is -2.19. The molecule has 2 aromatic carbocycles. The SMILES string of the molecule is CC(C)(C)OC(=O)COCCOCCOCCOc1c(F)cc(N)cc1F.CC(C)(C)OC(=O)COCCOCCOCCOc1c(F)cc(N2C(=O)C(Br)=C(Br)C2=O)cc1F.O=C1OC(=O)C(Br)=C1Br. The second kappa shape index (κ2) is 31.5. The highest BCUT2D eigenvalue weighted by molar-refractivity contribution is 9.15. The molecule has 19 nitrogen and oxygen atoms in total. The minimum Gasteiger partial charge on any atom is -0.485 e. The van der Waals surface area contributed by atoms with Crippen molar-refractivity contribution in [1.29, 1.82) is 0 Å². The van der Waals surface area contributed by atoms with Crippen LogP contribution in [0.2, 0.25) is 0 Å². The summed E-state index contributed by atoms with van der Waals surface area (Å²) in [6.07, 6.45) is 0. The molecule has 0 unspecified atom stereocenters. The fourth-order valence-electron chi connectivity index (χ4n) is 4.93. The van der Waals surface area contributed by atoms with Crippen LogP contribution in [0.3, 0.4) is 0 Å². The molecular formula is C44H52Br4F4N2O17. The predicted molar refractivity (Wildman–Crippen MR) is 258 cm³/mol. The summed E-state index contributed by atoms with van der Waals surface area (Å²) in [6.45, 7) is 12.4. The van der Waals surface area contributed by atoms with Crippen LogP contribution in [0.15, 0.2) is 42.2 Å². The lowest BCUT2D eigenvalue weighted by atomic mass is 10.2. The smallest absolute Gasteiger partial charge is 0.354 e. The Hall–Kier alpha value is -4.06. The highest BCUT2D eigenvalue weighted by Gasteiger charge is 2.38. The van der Waals surface area contributed by atoms with Crippen molar-refractivity contribution in [2.45, 2.75) is 52.7 Å². The molecule has 0 saturated heterocycles. The highest BCUT2D eigenvalue weighted by Crippen LogP contribution is 2.36. The van der Waals surface area contributed by atoms with Gasteiger partial charge >= 0.3 is 23.9 Å². The van der Waals surface area contributed by atoms with Crippen molar-refractivity contribution in [2.75, 3.05) is 103 Å².